The van der Waals surface area contributed by atoms with E-state index in [2.05, 4.69) is 59.7 Å². The third-order valence-corrected chi connectivity index (χ3v) is 5.37. The molecule has 4 heteroatoms. The molecule has 0 atom stereocenters. The molecular weight excluding hydrogens is 408 g/mol. The number of carbonyl (C=O) groups excluding carboxylic acids is 1. The van der Waals surface area contributed by atoms with Crippen LogP contribution in [0.2, 0.25) is 0 Å². The summed E-state index contributed by atoms with van der Waals surface area (Å²) in [6, 6.07) is 18.6. The third-order valence-electron chi connectivity index (χ3n) is 5.37. The van der Waals surface area contributed by atoms with Gasteiger partial charge in [-0.1, -0.05) is 80.5 Å². The van der Waals surface area contributed by atoms with E-state index in [-0.39, 0.29) is 5.91 Å². The zero-order valence-electron chi connectivity index (χ0n) is 20.2. The van der Waals surface area contributed by atoms with Crippen molar-refractivity contribution in [1.82, 2.24) is 10.6 Å². The molecule has 33 heavy (non-hydrogen) atoms. The Morgan fingerprint density at radius 2 is 1.61 bits per heavy atom. The molecule has 2 aromatic carbocycles. The standard InChI is InChI=1S/C29H40N2O2/c1-2-3-16-29(32)31-25-28-19-17-26(18-20-28)13-9-12-23-33-22-11-5-4-10-21-30-24-27-14-7-6-8-15-27/h6-8,14-15,17-20,30H,2-5,10-12,16,21-25H2,1H3,(H,31,32). The van der Waals surface area contributed by atoms with Crippen molar-refractivity contribution in [2.45, 2.75) is 71.4 Å². The molecule has 2 aromatic rings. The molecule has 2 rings (SSSR count). The second-order valence-electron chi connectivity index (χ2n) is 8.32. The lowest BCUT2D eigenvalue weighted by molar-refractivity contribution is -0.121. The van der Waals surface area contributed by atoms with Gasteiger partial charge in [0.15, 0.2) is 0 Å². The van der Waals surface area contributed by atoms with Crippen molar-refractivity contribution >= 4 is 5.91 Å². The highest BCUT2D eigenvalue weighted by molar-refractivity contribution is 5.75. The fraction of sp³-hybridized carbons (Fsp3) is 0.483. The van der Waals surface area contributed by atoms with Crippen LogP contribution in [-0.4, -0.2) is 25.7 Å². The zero-order valence-corrected chi connectivity index (χ0v) is 20.2. The SMILES string of the molecule is CCCCC(=O)NCc1ccc(C#CCCOCCCCCCNCc2ccccc2)cc1. The van der Waals surface area contributed by atoms with Gasteiger partial charge >= 0.3 is 0 Å². The summed E-state index contributed by atoms with van der Waals surface area (Å²) in [7, 11) is 0. The Morgan fingerprint density at radius 3 is 2.39 bits per heavy atom. The lowest BCUT2D eigenvalue weighted by atomic mass is 10.1. The van der Waals surface area contributed by atoms with E-state index in [0.29, 0.717) is 19.6 Å². The van der Waals surface area contributed by atoms with E-state index in [4.69, 9.17) is 4.74 Å². The van der Waals surface area contributed by atoms with Crippen LogP contribution in [0.15, 0.2) is 54.6 Å². The molecule has 0 aromatic heterocycles. The van der Waals surface area contributed by atoms with Gasteiger partial charge in [0.2, 0.25) is 5.91 Å². The van der Waals surface area contributed by atoms with Crippen molar-refractivity contribution in [2.24, 2.45) is 0 Å². The first kappa shape index (κ1) is 26.6. The topological polar surface area (TPSA) is 50.4 Å². The molecule has 0 aliphatic heterocycles. The van der Waals surface area contributed by atoms with Crippen molar-refractivity contribution in [3.63, 3.8) is 0 Å². The molecular formula is C29H40N2O2. The second kappa shape index (κ2) is 17.9. The van der Waals surface area contributed by atoms with Gasteiger partial charge in [-0.15, -0.1) is 0 Å². The number of carbonyl (C=O) groups is 1. The molecule has 0 fully saturated rings. The number of unbranched alkanes of at least 4 members (excludes halogenated alkanes) is 4. The Labute approximate surface area is 200 Å². The van der Waals surface area contributed by atoms with E-state index < -0.39 is 0 Å². The van der Waals surface area contributed by atoms with Gasteiger partial charge in [-0.05, 0) is 49.1 Å². The van der Waals surface area contributed by atoms with Crippen LogP contribution >= 0.6 is 0 Å². The van der Waals surface area contributed by atoms with E-state index in [1.165, 1.54) is 24.8 Å². The van der Waals surface area contributed by atoms with Crippen molar-refractivity contribution in [1.29, 1.82) is 0 Å². The molecule has 0 bridgehead atoms. The molecule has 0 saturated heterocycles. The van der Waals surface area contributed by atoms with Crippen LogP contribution < -0.4 is 10.6 Å². The van der Waals surface area contributed by atoms with E-state index in [1.54, 1.807) is 0 Å². The van der Waals surface area contributed by atoms with E-state index in [0.717, 1.165) is 56.5 Å². The molecule has 0 heterocycles. The molecule has 1 amide bonds. The number of benzene rings is 2. The summed E-state index contributed by atoms with van der Waals surface area (Å²) in [5.74, 6) is 6.48. The molecule has 0 spiro atoms. The van der Waals surface area contributed by atoms with Crippen LogP contribution in [0, 0.1) is 11.8 Å². The summed E-state index contributed by atoms with van der Waals surface area (Å²) in [5, 5.41) is 6.46. The first-order valence-corrected chi connectivity index (χ1v) is 12.4. The molecule has 0 aliphatic carbocycles. The maximum atomic E-state index is 11.7. The van der Waals surface area contributed by atoms with Crippen molar-refractivity contribution < 1.29 is 9.53 Å². The summed E-state index contributed by atoms with van der Waals surface area (Å²) in [6.07, 6.45) is 8.11. The average molecular weight is 449 g/mol. The van der Waals surface area contributed by atoms with Crippen LogP contribution in [0.4, 0.5) is 0 Å². The normalized spacial score (nSPS) is 10.5. The number of hydrogen-bond donors (Lipinski definition) is 2. The van der Waals surface area contributed by atoms with Gasteiger partial charge in [0.1, 0.15) is 0 Å². The summed E-state index contributed by atoms with van der Waals surface area (Å²) in [6.45, 7) is 6.19. The minimum Gasteiger partial charge on any atom is -0.380 e. The quantitative estimate of drug-likeness (QED) is 0.260. The summed E-state index contributed by atoms with van der Waals surface area (Å²) >= 11 is 0. The Balaban J connectivity index is 1.42. The molecule has 0 unspecified atom stereocenters. The summed E-state index contributed by atoms with van der Waals surface area (Å²) in [5.41, 5.74) is 3.44. The smallest absolute Gasteiger partial charge is 0.220 e. The molecule has 2 N–H and O–H groups in total. The number of rotatable bonds is 16. The van der Waals surface area contributed by atoms with Crippen LogP contribution in [0.1, 0.15) is 75.0 Å². The predicted molar refractivity (Wildman–Crippen MR) is 137 cm³/mol. The highest BCUT2D eigenvalue weighted by Gasteiger charge is 2.00. The lowest BCUT2D eigenvalue weighted by Crippen LogP contribution is -2.22. The number of nitrogens with one attached hydrogen (secondary N) is 2. The van der Waals surface area contributed by atoms with Crippen LogP contribution in [0.3, 0.4) is 0 Å². The van der Waals surface area contributed by atoms with Crippen molar-refractivity contribution in [3.05, 3.63) is 71.3 Å². The second-order valence-corrected chi connectivity index (χ2v) is 8.32. The Hall–Kier alpha value is -2.61. The maximum absolute atomic E-state index is 11.7. The highest BCUT2D eigenvalue weighted by atomic mass is 16.5. The van der Waals surface area contributed by atoms with Gasteiger partial charge in [-0.2, -0.15) is 0 Å². The molecule has 0 aliphatic rings. The predicted octanol–water partition coefficient (Wildman–Crippen LogP) is 5.60. The summed E-state index contributed by atoms with van der Waals surface area (Å²) in [4.78, 5) is 11.7. The van der Waals surface area contributed by atoms with Crippen LogP contribution in [-0.2, 0) is 22.6 Å². The van der Waals surface area contributed by atoms with Gasteiger partial charge in [0.05, 0.1) is 6.61 Å². The number of amides is 1. The Bertz CT molecular complexity index is 822. The first-order chi connectivity index (χ1) is 16.3. The Morgan fingerprint density at radius 1 is 0.848 bits per heavy atom. The van der Waals surface area contributed by atoms with E-state index >= 15 is 0 Å². The van der Waals surface area contributed by atoms with Crippen molar-refractivity contribution in [2.75, 3.05) is 19.8 Å². The molecule has 4 nitrogen and oxygen atoms in total. The van der Waals surface area contributed by atoms with Gasteiger partial charge in [-0.25, -0.2) is 0 Å². The molecule has 0 radical (unpaired) electrons. The highest BCUT2D eigenvalue weighted by Crippen LogP contribution is 2.04. The third kappa shape index (κ3) is 13.5. The molecule has 0 saturated carbocycles. The monoisotopic (exact) mass is 448 g/mol. The minimum atomic E-state index is 0.122. The fourth-order valence-electron chi connectivity index (χ4n) is 3.36. The van der Waals surface area contributed by atoms with Crippen LogP contribution in [0.25, 0.3) is 0 Å². The Kier molecular flexibility index (Phi) is 14.4. The average Bonchev–Trinajstić information content (AvgIpc) is 2.85. The minimum absolute atomic E-state index is 0.122. The van der Waals surface area contributed by atoms with Crippen molar-refractivity contribution in [3.8, 4) is 11.8 Å². The van der Waals surface area contributed by atoms with Gasteiger partial charge < -0.3 is 15.4 Å². The van der Waals surface area contributed by atoms with Gasteiger partial charge in [-0.3, -0.25) is 4.79 Å². The number of hydrogen-bond acceptors (Lipinski definition) is 3. The van der Waals surface area contributed by atoms with Crippen LogP contribution in [0.5, 0.6) is 0 Å². The lowest BCUT2D eigenvalue weighted by Gasteiger charge is -2.05. The number of ether oxygens (including phenoxy) is 1. The van der Waals surface area contributed by atoms with Gasteiger partial charge in [0, 0.05) is 38.1 Å². The molecule has 178 valence electrons. The summed E-state index contributed by atoms with van der Waals surface area (Å²) < 4.78 is 5.70. The maximum Gasteiger partial charge on any atom is 0.220 e. The first-order valence-electron chi connectivity index (χ1n) is 12.4. The largest absolute Gasteiger partial charge is 0.380 e. The van der Waals surface area contributed by atoms with E-state index in [9.17, 15) is 4.79 Å². The fourth-order valence-corrected chi connectivity index (χ4v) is 3.36. The van der Waals surface area contributed by atoms with E-state index in [1.807, 2.05) is 24.3 Å². The zero-order chi connectivity index (χ0) is 23.4. The van der Waals surface area contributed by atoms with Gasteiger partial charge in [0.25, 0.3) is 0 Å².